The van der Waals surface area contributed by atoms with E-state index in [2.05, 4.69) is 57.1 Å². The van der Waals surface area contributed by atoms with Gasteiger partial charge < -0.3 is 5.32 Å². The first kappa shape index (κ1) is 17.0. The van der Waals surface area contributed by atoms with E-state index in [1.54, 1.807) is 0 Å². The van der Waals surface area contributed by atoms with Crippen LogP contribution in [0.15, 0.2) is 14.3 Å². The van der Waals surface area contributed by atoms with Crippen LogP contribution in [-0.4, -0.2) is 6.54 Å². The summed E-state index contributed by atoms with van der Waals surface area (Å²) < 4.78 is 2.42. The summed E-state index contributed by atoms with van der Waals surface area (Å²) >= 11 is 9.18. The molecule has 1 fully saturated rings. The van der Waals surface area contributed by atoms with Crippen LogP contribution in [0.3, 0.4) is 0 Å². The molecular formula is C16H25Br2NS. The maximum atomic E-state index is 3.83. The van der Waals surface area contributed by atoms with Crippen LogP contribution in [0.5, 0.6) is 0 Å². The summed E-state index contributed by atoms with van der Waals surface area (Å²) in [5.74, 6) is 1.69. The first-order valence-electron chi connectivity index (χ1n) is 7.85. The second-order valence-electron chi connectivity index (χ2n) is 5.82. The van der Waals surface area contributed by atoms with Crippen LogP contribution in [0.1, 0.15) is 63.3 Å². The predicted octanol–water partition coefficient (Wildman–Crippen LogP) is 6.53. The topological polar surface area (TPSA) is 12.0 Å². The van der Waals surface area contributed by atoms with Gasteiger partial charge in [-0.25, -0.2) is 0 Å². The van der Waals surface area contributed by atoms with Gasteiger partial charge in [0.15, 0.2) is 0 Å². The molecule has 1 saturated carbocycles. The Hall–Kier alpha value is 0.620. The van der Waals surface area contributed by atoms with Crippen molar-refractivity contribution in [2.45, 2.75) is 58.4 Å². The molecule has 1 aromatic rings. The highest BCUT2D eigenvalue weighted by Gasteiger charge is 2.32. The Morgan fingerprint density at radius 3 is 2.65 bits per heavy atom. The van der Waals surface area contributed by atoms with E-state index in [1.165, 1.54) is 51.7 Å². The maximum Gasteiger partial charge on any atom is 0.0843 e. The molecular weight excluding hydrogens is 398 g/mol. The summed E-state index contributed by atoms with van der Waals surface area (Å²) in [4.78, 5) is 1.49. The van der Waals surface area contributed by atoms with Crippen LogP contribution in [-0.2, 0) is 0 Å². The molecule has 1 aliphatic carbocycles. The monoisotopic (exact) mass is 421 g/mol. The van der Waals surface area contributed by atoms with Crippen LogP contribution in [0.25, 0.3) is 0 Å². The van der Waals surface area contributed by atoms with Crippen LogP contribution in [0.2, 0.25) is 0 Å². The molecule has 3 unspecified atom stereocenters. The number of hydrogen-bond acceptors (Lipinski definition) is 2. The minimum absolute atomic E-state index is 0.535. The molecule has 0 aromatic carbocycles. The van der Waals surface area contributed by atoms with Gasteiger partial charge in [-0.1, -0.05) is 39.5 Å². The zero-order valence-electron chi connectivity index (χ0n) is 12.4. The molecule has 4 heteroatoms. The van der Waals surface area contributed by atoms with Crippen LogP contribution >= 0.6 is 43.2 Å². The average molecular weight is 423 g/mol. The van der Waals surface area contributed by atoms with E-state index >= 15 is 0 Å². The quantitative estimate of drug-likeness (QED) is 0.549. The Labute approximate surface area is 144 Å². The lowest BCUT2D eigenvalue weighted by atomic mass is 9.73. The Morgan fingerprint density at radius 2 is 2.05 bits per heavy atom. The fourth-order valence-corrected chi connectivity index (χ4v) is 5.70. The lowest BCUT2D eigenvalue weighted by molar-refractivity contribution is 0.177. The molecule has 1 heterocycles. The van der Waals surface area contributed by atoms with Crippen molar-refractivity contribution in [1.82, 2.24) is 5.32 Å². The zero-order valence-corrected chi connectivity index (χ0v) is 16.4. The van der Waals surface area contributed by atoms with E-state index in [4.69, 9.17) is 0 Å². The molecule has 0 bridgehead atoms. The van der Waals surface area contributed by atoms with Crippen molar-refractivity contribution in [3.63, 3.8) is 0 Å². The van der Waals surface area contributed by atoms with Gasteiger partial charge in [0.2, 0.25) is 0 Å². The molecule has 3 atom stereocenters. The third kappa shape index (κ3) is 4.08. The third-order valence-corrected chi connectivity index (χ3v) is 7.84. The molecule has 1 aliphatic rings. The van der Waals surface area contributed by atoms with Crippen LogP contribution in [0, 0.1) is 11.8 Å². The number of hydrogen-bond donors (Lipinski definition) is 1. The fraction of sp³-hybridized carbons (Fsp3) is 0.750. The summed E-state index contributed by atoms with van der Waals surface area (Å²) in [5, 5.41) is 3.83. The van der Waals surface area contributed by atoms with Crippen molar-refractivity contribution < 1.29 is 0 Å². The summed E-state index contributed by atoms with van der Waals surface area (Å²) in [7, 11) is 0. The molecule has 0 saturated heterocycles. The average Bonchev–Trinajstić information content (AvgIpc) is 2.79. The first-order chi connectivity index (χ1) is 9.67. The molecule has 2 rings (SSSR count). The Bertz CT molecular complexity index is 399. The van der Waals surface area contributed by atoms with Gasteiger partial charge in [0.1, 0.15) is 0 Å². The SMILES string of the molecule is CCCNC(c1cc(Br)c(Br)s1)C1CCCCC1CC. The molecule has 0 amide bonds. The van der Waals surface area contributed by atoms with Crippen LogP contribution in [0.4, 0.5) is 0 Å². The normalized spacial score (nSPS) is 24.8. The minimum Gasteiger partial charge on any atom is -0.309 e. The van der Waals surface area contributed by atoms with Crippen molar-refractivity contribution in [2.24, 2.45) is 11.8 Å². The molecule has 114 valence electrons. The highest BCUT2D eigenvalue weighted by molar-refractivity contribution is 9.13. The van der Waals surface area contributed by atoms with Crippen molar-refractivity contribution in [1.29, 1.82) is 0 Å². The number of nitrogens with one attached hydrogen (secondary N) is 1. The lowest BCUT2D eigenvalue weighted by Crippen LogP contribution is -2.34. The lowest BCUT2D eigenvalue weighted by Gasteiger charge is -2.37. The summed E-state index contributed by atoms with van der Waals surface area (Å²) in [6.07, 6.45) is 8.15. The smallest absolute Gasteiger partial charge is 0.0843 e. The van der Waals surface area contributed by atoms with Gasteiger partial charge in [-0.15, -0.1) is 11.3 Å². The van der Waals surface area contributed by atoms with E-state index < -0.39 is 0 Å². The third-order valence-electron chi connectivity index (χ3n) is 4.51. The van der Waals surface area contributed by atoms with Gasteiger partial charge in [0.05, 0.1) is 3.79 Å². The molecule has 0 aliphatic heterocycles. The summed E-state index contributed by atoms with van der Waals surface area (Å²) in [6, 6.07) is 2.84. The highest BCUT2D eigenvalue weighted by Crippen LogP contribution is 2.44. The minimum atomic E-state index is 0.535. The van der Waals surface area contributed by atoms with Gasteiger partial charge in [-0.3, -0.25) is 0 Å². The Kier molecular flexibility index (Phi) is 7.05. The largest absolute Gasteiger partial charge is 0.309 e. The van der Waals surface area contributed by atoms with Crippen molar-refractivity contribution in [3.8, 4) is 0 Å². The molecule has 1 aromatic heterocycles. The number of thiophene rings is 1. The molecule has 1 nitrogen and oxygen atoms in total. The maximum absolute atomic E-state index is 3.83. The Morgan fingerprint density at radius 1 is 1.30 bits per heavy atom. The number of rotatable bonds is 6. The molecule has 1 N–H and O–H groups in total. The molecule has 0 radical (unpaired) electrons. The highest BCUT2D eigenvalue weighted by atomic mass is 79.9. The van der Waals surface area contributed by atoms with E-state index in [1.807, 2.05) is 11.3 Å². The second-order valence-corrected chi connectivity index (χ2v) is 9.07. The first-order valence-corrected chi connectivity index (χ1v) is 10.3. The van der Waals surface area contributed by atoms with E-state index in [-0.39, 0.29) is 0 Å². The van der Waals surface area contributed by atoms with Crippen molar-refractivity contribution in [2.75, 3.05) is 6.54 Å². The summed E-state index contributed by atoms with van der Waals surface area (Å²) in [5.41, 5.74) is 0. The molecule has 20 heavy (non-hydrogen) atoms. The number of halogens is 2. The fourth-order valence-electron chi connectivity index (χ4n) is 3.46. The zero-order chi connectivity index (χ0) is 14.5. The van der Waals surface area contributed by atoms with E-state index in [0.29, 0.717) is 6.04 Å². The van der Waals surface area contributed by atoms with Crippen molar-refractivity contribution >= 4 is 43.2 Å². The van der Waals surface area contributed by atoms with Gasteiger partial charge in [0.25, 0.3) is 0 Å². The second kappa shape index (κ2) is 8.30. The van der Waals surface area contributed by atoms with Gasteiger partial charge in [0, 0.05) is 15.4 Å². The predicted molar refractivity (Wildman–Crippen MR) is 96.5 cm³/mol. The van der Waals surface area contributed by atoms with Crippen molar-refractivity contribution in [3.05, 3.63) is 19.2 Å². The van der Waals surface area contributed by atoms with Gasteiger partial charge in [-0.05, 0) is 69.1 Å². The van der Waals surface area contributed by atoms with E-state index in [0.717, 1.165) is 18.4 Å². The molecule has 0 spiro atoms. The summed E-state index contributed by atoms with van der Waals surface area (Å²) in [6.45, 7) is 5.73. The van der Waals surface area contributed by atoms with Gasteiger partial charge >= 0.3 is 0 Å². The van der Waals surface area contributed by atoms with Crippen LogP contribution < -0.4 is 5.32 Å². The van der Waals surface area contributed by atoms with Gasteiger partial charge in [-0.2, -0.15) is 0 Å². The Balaban J connectivity index is 2.21. The van der Waals surface area contributed by atoms with E-state index in [9.17, 15) is 0 Å². The standard InChI is InChI=1S/C16H25Br2NS/c1-3-9-19-15(14-10-13(17)16(18)20-14)12-8-6-5-7-11(12)4-2/h10-12,15,19H,3-9H2,1-2H3.